The van der Waals surface area contributed by atoms with E-state index in [0.717, 1.165) is 5.56 Å². The molecular formula is C31H36N4O6S. The molecule has 42 heavy (non-hydrogen) atoms. The predicted octanol–water partition coefficient (Wildman–Crippen LogP) is 7.27. The van der Waals surface area contributed by atoms with E-state index in [-0.39, 0.29) is 10.8 Å². The number of anilines is 2. The number of pyridine rings is 1. The molecule has 1 saturated carbocycles. The van der Waals surface area contributed by atoms with E-state index in [0.29, 0.717) is 34.8 Å². The summed E-state index contributed by atoms with van der Waals surface area (Å²) in [4.78, 5) is 43.0. The Labute approximate surface area is 246 Å². The molecule has 222 valence electrons. The molecule has 0 radical (unpaired) electrons. The molecule has 1 atom stereocenters. The summed E-state index contributed by atoms with van der Waals surface area (Å²) < 4.78 is 28.4. The van der Waals surface area contributed by atoms with E-state index in [9.17, 15) is 18.6 Å². The Morgan fingerprint density at radius 2 is 1.52 bits per heavy atom. The third-order valence-electron chi connectivity index (χ3n) is 5.90. The van der Waals surface area contributed by atoms with Crippen LogP contribution in [-0.4, -0.2) is 43.7 Å². The number of hydrogen-bond donors (Lipinski definition) is 2. The molecule has 0 aliphatic heterocycles. The van der Waals surface area contributed by atoms with Crippen molar-refractivity contribution in [2.75, 3.05) is 10.6 Å². The van der Waals surface area contributed by atoms with E-state index in [4.69, 9.17) is 9.47 Å². The number of ether oxygens (including phenoxy) is 2. The van der Waals surface area contributed by atoms with Gasteiger partial charge in [0.1, 0.15) is 11.2 Å². The van der Waals surface area contributed by atoms with Crippen LogP contribution in [0.25, 0.3) is 11.3 Å². The quantitative estimate of drug-likeness (QED) is 0.307. The van der Waals surface area contributed by atoms with Gasteiger partial charge < -0.3 is 14.8 Å². The summed E-state index contributed by atoms with van der Waals surface area (Å²) >= 11 is 0. The van der Waals surface area contributed by atoms with Gasteiger partial charge in [-0.2, -0.15) is 0 Å². The number of nitrogens with one attached hydrogen (secondary N) is 2. The third-order valence-corrected chi connectivity index (χ3v) is 8.64. The molecule has 1 fully saturated rings. The Bertz CT molecular complexity index is 1600. The molecule has 0 bridgehead atoms. The van der Waals surface area contributed by atoms with Crippen molar-refractivity contribution in [1.82, 2.24) is 4.98 Å². The average Bonchev–Trinajstić information content (AvgIpc) is 3.74. The molecular weight excluding hydrogens is 556 g/mol. The topological polar surface area (TPSA) is 136 Å². The van der Waals surface area contributed by atoms with Crippen molar-refractivity contribution in [2.24, 2.45) is 4.36 Å². The summed E-state index contributed by atoms with van der Waals surface area (Å²) in [5.41, 5.74) is 0.880. The first-order valence-electron chi connectivity index (χ1n) is 13.6. The standard InChI is InChI=1S/C31H36N4O6S/c1-30(2,3)40-28(37)34-25-17-12-21(24-9-7-8-18-32-24)19-26(25)33-27(36)20-10-13-22(14-11-20)42(39,23-15-16-23)35-29(38)41-31(4,5)6/h7-14,17-19,23H,15-16H2,1-6H3,(H,33,36)(H,34,37). The molecule has 3 amide bonds. The predicted molar refractivity (Wildman–Crippen MR) is 162 cm³/mol. The summed E-state index contributed by atoms with van der Waals surface area (Å²) in [6.45, 7) is 10.4. The fraction of sp³-hybridized carbons (Fsp3) is 0.355. The summed E-state index contributed by atoms with van der Waals surface area (Å²) in [6.07, 6.45) is 1.49. The largest absolute Gasteiger partial charge is 0.444 e. The van der Waals surface area contributed by atoms with Gasteiger partial charge in [-0.1, -0.05) is 12.1 Å². The van der Waals surface area contributed by atoms with Gasteiger partial charge in [0.15, 0.2) is 0 Å². The van der Waals surface area contributed by atoms with Crippen molar-refractivity contribution < 1.29 is 28.1 Å². The number of nitrogens with zero attached hydrogens (tertiary/aromatic N) is 2. The first-order valence-corrected chi connectivity index (χ1v) is 15.2. The SMILES string of the molecule is CC(C)(C)OC(=O)N=S(=O)(c1ccc(C(=O)Nc2cc(-c3ccccn3)ccc2NC(=O)OC(C)(C)C)cc1)C1CC1. The normalized spacial score (nSPS) is 14.7. The number of benzene rings is 2. The van der Waals surface area contributed by atoms with Gasteiger partial charge in [0.25, 0.3) is 5.91 Å². The zero-order valence-corrected chi connectivity index (χ0v) is 25.4. The Balaban J connectivity index is 1.61. The van der Waals surface area contributed by atoms with Crippen LogP contribution in [-0.2, 0) is 19.2 Å². The van der Waals surface area contributed by atoms with Crippen molar-refractivity contribution in [3.8, 4) is 11.3 Å². The number of aromatic nitrogens is 1. The second-order valence-corrected chi connectivity index (χ2v) is 14.4. The van der Waals surface area contributed by atoms with Gasteiger partial charge in [-0.15, -0.1) is 4.36 Å². The molecule has 3 aromatic rings. The summed E-state index contributed by atoms with van der Waals surface area (Å²) in [5.74, 6) is -0.464. The number of rotatable bonds is 6. The Hall–Kier alpha value is -4.25. The zero-order valence-electron chi connectivity index (χ0n) is 24.6. The minimum absolute atomic E-state index is 0.250. The second kappa shape index (κ2) is 11.9. The smallest absolute Gasteiger partial charge is 0.442 e. The maximum absolute atomic E-state index is 13.8. The van der Waals surface area contributed by atoms with Crippen LogP contribution in [0.2, 0.25) is 0 Å². The van der Waals surface area contributed by atoms with E-state index in [1.54, 1.807) is 84.1 Å². The van der Waals surface area contributed by atoms with E-state index in [1.807, 2.05) is 12.1 Å². The highest BCUT2D eigenvalue weighted by atomic mass is 32.2. The second-order valence-electron chi connectivity index (χ2n) is 11.9. The fourth-order valence-corrected chi connectivity index (χ4v) is 6.16. The van der Waals surface area contributed by atoms with Crippen LogP contribution in [0.5, 0.6) is 0 Å². The van der Waals surface area contributed by atoms with E-state index < -0.39 is 39.0 Å². The van der Waals surface area contributed by atoms with Crippen molar-refractivity contribution >= 4 is 39.2 Å². The molecule has 1 heterocycles. The Kier molecular flexibility index (Phi) is 8.72. The van der Waals surface area contributed by atoms with E-state index in [1.165, 1.54) is 12.1 Å². The highest BCUT2D eigenvalue weighted by Gasteiger charge is 2.36. The zero-order chi connectivity index (χ0) is 30.7. The van der Waals surface area contributed by atoms with Crippen molar-refractivity contribution in [2.45, 2.75) is 75.7 Å². The van der Waals surface area contributed by atoms with Crippen LogP contribution in [0.4, 0.5) is 21.0 Å². The van der Waals surface area contributed by atoms with Crippen molar-refractivity contribution in [1.29, 1.82) is 0 Å². The lowest BCUT2D eigenvalue weighted by molar-refractivity contribution is 0.0603. The lowest BCUT2D eigenvalue weighted by atomic mass is 10.1. The van der Waals surface area contributed by atoms with Crippen LogP contribution < -0.4 is 10.6 Å². The summed E-state index contributed by atoms with van der Waals surface area (Å²) in [5, 5.41) is 5.30. The average molecular weight is 593 g/mol. The molecule has 1 aliphatic rings. The van der Waals surface area contributed by atoms with Gasteiger partial charge in [-0.3, -0.25) is 15.1 Å². The molecule has 1 aliphatic carbocycles. The molecule has 0 spiro atoms. The van der Waals surface area contributed by atoms with E-state index >= 15 is 0 Å². The number of carbonyl (C=O) groups is 3. The van der Waals surface area contributed by atoms with Gasteiger partial charge >= 0.3 is 12.2 Å². The van der Waals surface area contributed by atoms with Crippen molar-refractivity contribution in [3.05, 3.63) is 72.4 Å². The fourth-order valence-electron chi connectivity index (χ4n) is 3.96. The Morgan fingerprint density at radius 1 is 0.857 bits per heavy atom. The molecule has 1 aromatic heterocycles. The molecule has 4 rings (SSSR count). The maximum atomic E-state index is 13.8. The first kappa shape index (κ1) is 30.7. The van der Waals surface area contributed by atoms with Gasteiger partial charge in [0.05, 0.1) is 26.8 Å². The highest BCUT2D eigenvalue weighted by molar-refractivity contribution is 7.94. The maximum Gasteiger partial charge on any atom is 0.442 e. The van der Waals surface area contributed by atoms with Crippen LogP contribution >= 0.6 is 0 Å². The minimum atomic E-state index is -3.07. The van der Waals surface area contributed by atoms with Crippen molar-refractivity contribution in [3.63, 3.8) is 0 Å². The number of carbonyl (C=O) groups excluding carboxylic acids is 3. The lowest BCUT2D eigenvalue weighted by Gasteiger charge is -2.21. The molecule has 2 aromatic carbocycles. The van der Waals surface area contributed by atoms with E-state index in [2.05, 4.69) is 20.0 Å². The van der Waals surface area contributed by atoms with Gasteiger partial charge in [-0.05, 0) is 103 Å². The monoisotopic (exact) mass is 592 g/mol. The molecule has 0 saturated heterocycles. The van der Waals surface area contributed by atoms with Crippen LogP contribution in [0.1, 0.15) is 64.7 Å². The molecule has 10 nitrogen and oxygen atoms in total. The van der Waals surface area contributed by atoms with Gasteiger partial charge in [-0.25, -0.2) is 13.8 Å². The third kappa shape index (κ3) is 8.16. The molecule has 1 unspecified atom stereocenters. The highest BCUT2D eigenvalue weighted by Crippen LogP contribution is 2.36. The molecule has 2 N–H and O–H groups in total. The van der Waals surface area contributed by atoms with Gasteiger partial charge in [0.2, 0.25) is 0 Å². The number of amides is 3. The van der Waals surface area contributed by atoms with Crippen LogP contribution in [0.3, 0.4) is 0 Å². The summed E-state index contributed by atoms with van der Waals surface area (Å²) in [7, 11) is -3.07. The summed E-state index contributed by atoms with van der Waals surface area (Å²) in [6, 6.07) is 16.8. The number of hydrogen-bond acceptors (Lipinski definition) is 7. The first-order chi connectivity index (χ1) is 19.6. The lowest BCUT2D eigenvalue weighted by Crippen LogP contribution is -2.27. The van der Waals surface area contributed by atoms with Gasteiger partial charge in [0, 0.05) is 27.5 Å². The minimum Gasteiger partial charge on any atom is -0.444 e. The Morgan fingerprint density at radius 3 is 2.10 bits per heavy atom. The molecule has 11 heteroatoms. The van der Waals surface area contributed by atoms with Crippen LogP contribution in [0.15, 0.2) is 76.1 Å². The van der Waals surface area contributed by atoms with Crippen LogP contribution in [0, 0.1) is 0 Å².